The standard InChI is InChI=1S/C13H22N2O2/c1-13(2,16-3)5-7-17-10-11-4-6-15-12(8-11)9-14/h4,6,8H,5,7,9-10,14H2,1-3H3. The fourth-order valence-electron chi connectivity index (χ4n) is 1.34. The third kappa shape index (κ3) is 5.26. The van der Waals surface area contributed by atoms with E-state index in [4.69, 9.17) is 15.2 Å². The fourth-order valence-corrected chi connectivity index (χ4v) is 1.34. The van der Waals surface area contributed by atoms with Crippen LogP contribution in [0.5, 0.6) is 0 Å². The normalized spacial score (nSPS) is 11.8. The molecule has 0 bridgehead atoms. The fraction of sp³-hybridized carbons (Fsp3) is 0.615. The van der Waals surface area contributed by atoms with Crippen LogP contribution in [-0.4, -0.2) is 24.3 Å². The van der Waals surface area contributed by atoms with Gasteiger partial charge >= 0.3 is 0 Å². The van der Waals surface area contributed by atoms with Crippen LogP contribution in [0, 0.1) is 0 Å². The van der Waals surface area contributed by atoms with Crippen LogP contribution < -0.4 is 5.73 Å². The van der Waals surface area contributed by atoms with Crippen molar-refractivity contribution >= 4 is 0 Å². The lowest BCUT2D eigenvalue weighted by atomic mass is 10.1. The van der Waals surface area contributed by atoms with Crippen LogP contribution in [0.25, 0.3) is 0 Å². The Morgan fingerprint density at radius 1 is 1.41 bits per heavy atom. The molecule has 0 unspecified atom stereocenters. The van der Waals surface area contributed by atoms with Gasteiger partial charge in [-0.2, -0.15) is 0 Å². The summed E-state index contributed by atoms with van der Waals surface area (Å²) in [5.74, 6) is 0. The van der Waals surface area contributed by atoms with E-state index in [9.17, 15) is 0 Å². The number of aromatic nitrogens is 1. The first kappa shape index (κ1) is 14.1. The van der Waals surface area contributed by atoms with Gasteiger partial charge in [-0.25, -0.2) is 0 Å². The van der Waals surface area contributed by atoms with Gasteiger partial charge in [0.15, 0.2) is 0 Å². The van der Waals surface area contributed by atoms with Crippen LogP contribution in [0.15, 0.2) is 18.3 Å². The first-order valence-corrected chi connectivity index (χ1v) is 5.84. The van der Waals surface area contributed by atoms with E-state index in [0.717, 1.165) is 17.7 Å². The molecule has 0 saturated carbocycles. The molecule has 0 spiro atoms. The highest BCUT2D eigenvalue weighted by molar-refractivity contribution is 5.15. The first-order valence-electron chi connectivity index (χ1n) is 5.84. The lowest BCUT2D eigenvalue weighted by Crippen LogP contribution is -2.24. The Balaban J connectivity index is 2.31. The van der Waals surface area contributed by atoms with Gasteiger partial charge in [0.25, 0.3) is 0 Å². The maximum absolute atomic E-state index is 5.61. The van der Waals surface area contributed by atoms with Gasteiger partial charge in [-0.15, -0.1) is 0 Å². The van der Waals surface area contributed by atoms with Crippen LogP contribution in [0.4, 0.5) is 0 Å². The third-order valence-electron chi connectivity index (χ3n) is 2.76. The van der Waals surface area contributed by atoms with E-state index < -0.39 is 0 Å². The van der Waals surface area contributed by atoms with Gasteiger partial charge in [-0.1, -0.05) is 0 Å². The Labute approximate surface area is 103 Å². The SMILES string of the molecule is COC(C)(C)CCOCc1ccnc(CN)c1. The smallest absolute Gasteiger partial charge is 0.0718 e. The number of nitrogens with two attached hydrogens (primary N) is 1. The molecule has 0 aliphatic rings. The van der Waals surface area contributed by atoms with Crippen molar-refractivity contribution in [2.75, 3.05) is 13.7 Å². The van der Waals surface area contributed by atoms with E-state index >= 15 is 0 Å². The summed E-state index contributed by atoms with van der Waals surface area (Å²) in [6.07, 6.45) is 2.64. The van der Waals surface area contributed by atoms with Crippen LogP contribution in [0.1, 0.15) is 31.5 Å². The lowest BCUT2D eigenvalue weighted by molar-refractivity contribution is -0.0124. The van der Waals surface area contributed by atoms with Crippen LogP contribution in [-0.2, 0) is 22.6 Å². The number of hydrogen-bond donors (Lipinski definition) is 1. The minimum Gasteiger partial charge on any atom is -0.379 e. The highest BCUT2D eigenvalue weighted by Gasteiger charge is 2.15. The Kier molecular flexibility index (Phi) is 5.55. The van der Waals surface area contributed by atoms with Gasteiger partial charge in [-0.3, -0.25) is 4.98 Å². The van der Waals surface area contributed by atoms with Crippen LogP contribution in [0.3, 0.4) is 0 Å². The van der Waals surface area contributed by atoms with Crippen LogP contribution >= 0.6 is 0 Å². The zero-order chi connectivity index (χ0) is 12.7. The van der Waals surface area contributed by atoms with Gasteiger partial charge in [0.2, 0.25) is 0 Å². The second-order valence-electron chi connectivity index (χ2n) is 4.63. The third-order valence-corrected chi connectivity index (χ3v) is 2.76. The quantitative estimate of drug-likeness (QED) is 0.737. The summed E-state index contributed by atoms with van der Waals surface area (Å²) in [7, 11) is 1.72. The zero-order valence-electron chi connectivity index (χ0n) is 10.9. The molecule has 0 fully saturated rings. The minimum atomic E-state index is -0.124. The van der Waals surface area contributed by atoms with E-state index in [-0.39, 0.29) is 5.60 Å². The molecule has 0 aromatic carbocycles. The van der Waals surface area contributed by atoms with Gasteiger partial charge in [0, 0.05) is 26.5 Å². The summed E-state index contributed by atoms with van der Waals surface area (Å²) in [5, 5.41) is 0. The monoisotopic (exact) mass is 238 g/mol. The molecule has 4 heteroatoms. The Hall–Kier alpha value is -0.970. The maximum Gasteiger partial charge on any atom is 0.0718 e. The van der Waals surface area contributed by atoms with Crippen molar-refractivity contribution in [1.29, 1.82) is 0 Å². The number of nitrogens with zero attached hydrogens (tertiary/aromatic N) is 1. The van der Waals surface area contributed by atoms with Crippen molar-refractivity contribution in [3.8, 4) is 0 Å². The molecule has 0 aliphatic heterocycles. The number of methoxy groups -OCH3 is 1. The topological polar surface area (TPSA) is 57.4 Å². The molecule has 0 saturated heterocycles. The van der Waals surface area contributed by atoms with E-state index in [2.05, 4.69) is 18.8 Å². The second kappa shape index (κ2) is 6.69. The molecule has 2 N–H and O–H groups in total. The Bertz CT molecular complexity index is 340. The van der Waals surface area contributed by atoms with E-state index in [1.165, 1.54) is 0 Å². The molecule has 0 amide bonds. The molecule has 96 valence electrons. The molecule has 1 heterocycles. The molecular formula is C13H22N2O2. The largest absolute Gasteiger partial charge is 0.379 e. The number of pyridine rings is 1. The Morgan fingerprint density at radius 3 is 2.82 bits per heavy atom. The van der Waals surface area contributed by atoms with Crippen LogP contribution in [0.2, 0.25) is 0 Å². The van der Waals surface area contributed by atoms with Gasteiger partial charge in [-0.05, 0) is 38.0 Å². The minimum absolute atomic E-state index is 0.124. The summed E-state index contributed by atoms with van der Waals surface area (Å²) in [6.45, 7) is 5.84. The van der Waals surface area contributed by atoms with Gasteiger partial charge in [0.05, 0.1) is 17.9 Å². The Morgan fingerprint density at radius 2 is 2.18 bits per heavy atom. The lowest BCUT2D eigenvalue weighted by Gasteiger charge is -2.22. The predicted octanol–water partition coefficient (Wildman–Crippen LogP) is 1.87. The summed E-state index contributed by atoms with van der Waals surface area (Å²) in [4.78, 5) is 4.14. The number of hydrogen-bond acceptors (Lipinski definition) is 4. The molecule has 0 atom stereocenters. The number of ether oxygens (including phenoxy) is 2. The second-order valence-corrected chi connectivity index (χ2v) is 4.63. The summed E-state index contributed by atoms with van der Waals surface area (Å²) < 4.78 is 10.9. The summed E-state index contributed by atoms with van der Waals surface area (Å²) in [6, 6.07) is 3.92. The van der Waals surface area contributed by atoms with E-state index in [1.807, 2.05) is 12.1 Å². The average molecular weight is 238 g/mol. The van der Waals surface area contributed by atoms with Gasteiger partial charge in [0.1, 0.15) is 0 Å². The number of rotatable bonds is 7. The first-order chi connectivity index (χ1) is 8.07. The highest BCUT2D eigenvalue weighted by atomic mass is 16.5. The predicted molar refractivity (Wildman–Crippen MR) is 67.5 cm³/mol. The molecule has 1 aromatic heterocycles. The summed E-state index contributed by atoms with van der Waals surface area (Å²) >= 11 is 0. The van der Waals surface area contributed by atoms with Crippen molar-refractivity contribution in [2.24, 2.45) is 5.73 Å². The highest BCUT2D eigenvalue weighted by Crippen LogP contribution is 2.13. The van der Waals surface area contributed by atoms with Crippen molar-refractivity contribution in [3.63, 3.8) is 0 Å². The van der Waals surface area contributed by atoms with Crippen molar-refractivity contribution in [1.82, 2.24) is 4.98 Å². The molecule has 4 nitrogen and oxygen atoms in total. The summed E-state index contributed by atoms with van der Waals surface area (Å²) in [5.41, 5.74) is 7.40. The van der Waals surface area contributed by atoms with Crippen molar-refractivity contribution in [3.05, 3.63) is 29.6 Å². The molecule has 1 rings (SSSR count). The zero-order valence-corrected chi connectivity index (χ0v) is 10.9. The molecule has 1 aromatic rings. The van der Waals surface area contributed by atoms with Crippen molar-refractivity contribution < 1.29 is 9.47 Å². The molecular weight excluding hydrogens is 216 g/mol. The average Bonchev–Trinajstić information content (AvgIpc) is 2.35. The van der Waals surface area contributed by atoms with E-state index in [0.29, 0.717) is 19.8 Å². The maximum atomic E-state index is 5.61. The molecule has 17 heavy (non-hydrogen) atoms. The molecule has 0 aliphatic carbocycles. The van der Waals surface area contributed by atoms with Crippen molar-refractivity contribution in [2.45, 2.75) is 39.0 Å². The van der Waals surface area contributed by atoms with Gasteiger partial charge < -0.3 is 15.2 Å². The molecule has 0 radical (unpaired) electrons. The van der Waals surface area contributed by atoms with E-state index in [1.54, 1.807) is 13.3 Å².